The molecule has 0 spiro atoms. The van der Waals surface area contributed by atoms with Crippen LogP contribution in [-0.4, -0.2) is 54.3 Å². The molecule has 2 atom stereocenters. The van der Waals surface area contributed by atoms with Crippen LogP contribution in [0.1, 0.15) is 50.1 Å². The monoisotopic (exact) mass is 465 g/mol. The highest BCUT2D eigenvalue weighted by Gasteiger charge is 2.47. The van der Waals surface area contributed by atoms with Crippen LogP contribution in [0.15, 0.2) is 66.7 Å². The number of piperazine rings is 1. The summed E-state index contributed by atoms with van der Waals surface area (Å²) in [6.45, 7) is 7.98. The molecule has 0 N–H and O–H groups in total. The minimum atomic E-state index is -0.377. The van der Waals surface area contributed by atoms with Gasteiger partial charge in [0.05, 0.1) is 12.0 Å². The van der Waals surface area contributed by atoms with E-state index in [1.807, 2.05) is 40.1 Å². The zero-order valence-electron chi connectivity index (χ0n) is 20.4. The number of rotatable bonds is 2. The lowest BCUT2D eigenvalue weighted by molar-refractivity contribution is -0.135. The molecule has 0 radical (unpaired) electrons. The molecule has 1 saturated heterocycles. The number of hydrogen-bond acceptors (Lipinski definition) is 3. The number of amides is 2. The molecule has 3 aliphatic rings. The molecule has 35 heavy (non-hydrogen) atoms. The fourth-order valence-corrected chi connectivity index (χ4v) is 6.18. The van der Waals surface area contributed by atoms with Gasteiger partial charge in [0.15, 0.2) is 0 Å². The van der Waals surface area contributed by atoms with Gasteiger partial charge in [0, 0.05) is 44.0 Å². The summed E-state index contributed by atoms with van der Waals surface area (Å²) in [5, 5.41) is 0. The Morgan fingerprint density at radius 3 is 2.31 bits per heavy atom. The summed E-state index contributed by atoms with van der Waals surface area (Å²) < 4.78 is 0. The van der Waals surface area contributed by atoms with Gasteiger partial charge in [-0.05, 0) is 60.2 Å². The summed E-state index contributed by atoms with van der Waals surface area (Å²) in [5.41, 5.74) is 7.78. The predicted octanol–water partition coefficient (Wildman–Crippen LogP) is 4.49. The van der Waals surface area contributed by atoms with Gasteiger partial charge in [0.25, 0.3) is 5.91 Å². The summed E-state index contributed by atoms with van der Waals surface area (Å²) in [4.78, 5) is 34.0. The Morgan fingerprint density at radius 2 is 1.51 bits per heavy atom. The van der Waals surface area contributed by atoms with Crippen LogP contribution in [0.2, 0.25) is 0 Å². The quantitative estimate of drug-likeness (QED) is 0.560. The van der Waals surface area contributed by atoms with Crippen LogP contribution in [0.25, 0.3) is 0 Å². The van der Waals surface area contributed by atoms with Crippen molar-refractivity contribution in [3.05, 3.63) is 100 Å². The molecule has 3 aliphatic heterocycles. The van der Waals surface area contributed by atoms with Crippen molar-refractivity contribution in [2.45, 2.75) is 32.2 Å². The second-order valence-corrected chi connectivity index (χ2v) is 9.99. The van der Waals surface area contributed by atoms with Gasteiger partial charge in [-0.2, -0.15) is 0 Å². The van der Waals surface area contributed by atoms with Crippen LogP contribution in [0.5, 0.6) is 0 Å². The number of hydrogen-bond donors (Lipinski definition) is 0. The molecule has 5 nitrogen and oxygen atoms in total. The summed E-state index contributed by atoms with van der Waals surface area (Å²) >= 11 is 0. The Kier molecular flexibility index (Phi) is 5.36. The lowest BCUT2D eigenvalue weighted by atomic mass is 9.75. The topological polar surface area (TPSA) is 43.9 Å². The molecule has 6 rings (SSSR count). The molecule has 1 fully saturated rings. The van der Waals surface area contributed by atoms with E-state index in [4.69, 9.17) is 0 Å². The van der Waals surface area contributed by atoms with Crippen LogP contribution >= 0.6 is 0 Å². The van der Waals surface area contributed by atoms with Gasteiger partial charge >= 0.3 is 0 Å². The highest BCUT2D eigenvalue weighted by molar-refractivity contribution is 6.01. The summed E-state index contributed by atoms with van der Waals surface area (Å²) in [7, 11) is 0. The number of carbonyl (C=O) groups excluding carboxylic acids is 2. The molecule has 0 unspecified atom stereocenters. The van der Waals surface area contributed by atoms with Crippen LogP contribution in [-0.2, 0) is 11.2 Å². The largest absolute Gasteiger partial charge is 0.368 e. The van der Waals surface area contributed by atoms with E-state index < -0.39 is 0 Å². The summed E-state index contributed by atoms with van der Waals surface area (Å²) in [5.74, 6) is -0.196. The first kappa shape index (κ1) is 21.9. The highest BCUT2D eigenvalue weighted by Crippen LogP contribution is 2.46. The van der Waals surface area contributed by atoms with Crippen LogP contribution in [0, 0.1) is 13.8 Å². The minimum Gasteiger partial charge on any atom is -0.368 e. The highest BCUT2D eigenvalue weighted by atomic mass is 16.2. The van der Waals surface area contributed by atoms with E-state index in [-0.39, 0.29) is 23.8 Å². The number of fused-ring (bicyclic) bond motifs is 4. The molecule has 0 aliphatic carbocycles. The number of benzene rings is 3. The van der Waals surface area contributed by atoms with Crippen molar-refractivity contribution >= 4 is 17.5 Å². The maximum absolute atomic E-state index is 14.2. The van der Waals surface area contributed by atoms with Crippen molar-refractivity contribution in [3.8, 4) is 0 Å². The van der Waals surface area contributed by atoms with Gasteiger partial charge in [0.1, 0.15) is 0 Å². The van der Waals surface area contributed by atoms with E-state index in [0.29, 0.717) is 25.2 Å². The normalized spacial score (nSPS) is 21.3. The minimum absolute atomic E-state index is 0.0453. The molecule has 5 heteroatoms. The first-order valence-corrected chi connectivity index (χ1v) is 12.6. The second kappa shape index (κ2) is 8.56. The molecule has 3 aromatic rings. The standard InChI is InChI=1S/C30H31N3O2/c1-20-8-7-13-26(21(20)2)31-16-18-32(19-17-31)30(35)27-24-11-5-6-12-25(24)29(34)33-15-14-22-9-3-4-10-23(22)28(27)33/h3-13,27-28H,14-19H2,1-2H3/t27-,28+/m0/s1. The van der Waals surface area contributed by atoms with Crippen molar-refractivity contribution in [3.63, 3.8) is 0 Å². The number of aryl methyl sites for hydroxylation is 1. The lowest BCUT2D eigenvalue weighted by Gasteiger charge is -2.47. The average molecular weight is 466 g/mol. The van der Waals surface area contributed by atoms with Crippen molar-refractivity contribution in [2.75, 3.05) is 37.6 Å². The van der Waals surface area contributed by atoms with Gasteiger partial charge in [-0.15, -0.1) is 0 Å². The lowest BCUT2D eigenvalue weighted by Crippen LogP contribution is -2.54. The maximum atomic E-state index is 14.2. The molecule has 3 heterocycles. The van der Waals surface area contributed by atoms with Gasteiger partial charge < -0.3 is 14.7 Å². The van der Waals surface area contributed by atoms with Gasteiger partial charge in [0.2, 0.25) is 5.91 Å². The van der Waals surface area contributed by atoms with E-state index in [9.17, 15) is 9.59 Å². The Labute approximate surface area is 207 Å². The fourth-order valence-electron chi connectivity index (χ4n) is 6.18. The zero-order chi connectivity index (χ0) is 24.1. The van der Waals surface area contributed by atoms with Crippen molar-refractivity contribution in [1.82, 2.24) is 9.80 Å². The third-order valence-corrected chi connectivity index (χ3v) is 8.21. The molecular formula is C30H31N3O2. The Bertz CT molecular complexity index is 1310. The third kappa shape index (κ3) is 3.53. The van der Waals surface area contributed by atoms with Gasteiger partial charge in [-0.25, -0.2) is 0 Å². The first-order valence-electron chi connectivity index (χ1n) is 12.6. The van der Waals surface area contributed by atoms with Crippen molar-refractivity contribution in [1.29, 1.82) is 0 Å². The van der Waals surface area contributed by atoms with E-state index in [0.717, 1.165) is 30.6 Å². The summed E-state index contributed by atoms with van der Waals surface area (Å²) in [6.07, 6.45) is 0.829. The summed E-state index contributed by atoms with van der Waals surface area (Å²) in [6, 6.07) is 22.2. The molecule has 2 amide bonds. The predicted molar refractivity (Wildman–Crippen MR) is 138 cm³/mol. The molecule has 3 aromatic carbocycles. The SMILES string of the molecule is Cc1cccc(N2CCN(C(=O)[C@H]3c4ccccc4C(=O)N4CCc5ccccc5[C@H]34)CC2)c1C. The average Bonchev–Trinajstić information content (AvgIpc) is 2.90. The van der Waals surface area contributed by atoms with Crippen molar-refractivity contribution in [2.24, 2.45) is 0 Å². The van der Waals surface area contributed by atoms with Crippen molar-refractivity contribution < 1.29 is 9.59 Å². The third-order valence-electron chi connectivity index (χ3n) is 8.21. The second-order valence-electron chi connectivity index (χ2n) is 9.99. The van der Waals surface area contributed by atoms with Crippen LogP contribution in [0.3, 0.4) is 0 Å². The molecular weight excluding hydrogens is 434 g/mol. The number of anilines is 1. The van der Waals surface area contributed by atoms with Crippen LogP contribution in [0.4, 0.5) is 5.69 Å². The number of carbonyl (C=O) groups is 2. The Hall–Kier alpha value is -3.60. The van der Waals surface area contributed by atoms with Gasteiger partial charge in [-0.1, -0.05) is 54.6 Å². The van der Waals surface area contributed by atoms with Gasteiger partial charge in [-0.3, -0.25) is 9.59 Å². The Balaban J connectivity index is 1.33. The smallest absolute Gasteiger partial charge is 0.254 e. The Morgan fingerprint density at radius 1 is 0.800 bits per heavy atom. The van der Waals surface area contributed by atoms with Crippen LogP contribution < -0.4 is 4.90 Å². The maximum Gasteiger partial charge on any atom is 0.254 e. The van der Waals surface area contributed by atoms with E-state index >= 15 is 0 Å². The van der Waals surface area contributed by atoms with E-state index in [1.54, 1.807) is 0 Å². The first-order chi connectivity index (χ1) is 17.0. The molecule has 0 saturated carbocycles. The zero-order valence-corrected chi connectivity index (χ0v) is 20.4. The van der Waals surface area contributed by atoms with E-state index in [2.05, 4.69) is 55.1 Å². The molecule has 0 bridgehead atoms. The van der Waals surface area contributed by atoms with E-state index in [1.165, 1.54) is 22.4 Å². The number of nitrogens with zero attached hydrogens (tertiary/aromatic N) is 3. The fraction of sp³-hybridized carbons (Fsp3) is 0.333. The molecule has 178 valence electrons. The molecule has 0 aromatic heterocycles.